The number of anilines is 2. The monoisotopic (exact) mass is 274 g/mol. The van der Waals surface area contributed by atoms with Gasteiger partial charge in [0.25, 0.3) is 5.95 Å². The lowest BCUT2D eigenvalue weighted by molar-refractivity contribution is 0.121. The molecule has 1 N–H and O–H groups in total. The number of hydrogen-bond acceptors (Lipinski definition) is 6. The number of benzene rings is 1. The Morgan fingerprint density at radius 2 is 1.95 bits per heavy atom. The first-order valence-corrected chi connectivity index (χ1v) is 6.77. The van der Waals surface area contributed by atoms with Gasteiger partial charge in [0, 0.05) is 18.8 Å². The number of rotatable bonds is 4. The third-order valence-corrected chi connectivity index (χ3v) is 3.25. The molecule has 6 heteroatoms. The van der Waals surface area contributed by atoms with Crippen LogP contribution in [0, 0.1) is 6.92 Å². The Morgan fingerprint density at radius 1 is 1.20 bits per heavy atom. The first kappa shape index (κ1) is 12.9. The van der Waals surface area contributed by atoms with Crippen LogP contribution in [0.1, 0.15) is 11.5 Å². The van der Waals surface area contributed by atoms with Gasteiger partial charge in [-0.3, -0.25) is 0 Å². The fourth-order valence-electron chi connectivity index (χ4n) is 2.06. The molecule has 1 aromatic heterocycles. The molecule has 0 spiro atoms. The van der Waals surface area contributed by atoms with Crippen LogP contribution in [-0.4, -0.2) is 36.4 Å². The van der Waals surface area contributed by atoms with Crippen LogP contribution in [-0.2, 0) is 11.3 Å². The first-order valence-electron chi connectivity index (χ1n) is 6.77. The van der Waals surface area contributed by atoms with Crippen LogP contribution in [0.15, 0.2) is 28.8 Å². The fourth-order valence-corrected chi connectivity index (χ4v) is 2.06. The third kappa shape index (κ3) is 3.08. The molecule has 106 valence electrons. The van der Waals surface area contributed by atoms with E-state index < -0.39 is 0 Å². The zero-order chi connectivity index (χ0) is 13.8. The Morgan fingerprint density at radius 3 is 2.70 bits per heavy atom. The van der Waals surface area contributed by atoms with E-state index in [4.69, 9.17) is 9.26 Å². The van der Waals surface area contributed by atoms with Gasteiger partial charge < -0.3 is 19.5 Å². The van der Waals surface area contributed by atoms with E-state index in [0.717, 1.165) is 18.8 Å². The average Bonchev–Trinajstić information content (AvgIpc) is 2.97. The quantitative estimate of drug-likeness (QED) is 0.917. The highest BCUT2D eigenvalue weighted by Gasteiger charge is 2.16. The summed E-state index contributed by atoms with van der Waals surface area (Å²) in [4.78, 5) is 6.47. The average molecular weight is 274 g/mol. The van der Waals surface area contributed by atoms with Gasteiger partial charge in [0.1, 0.15) is 0 Å². The molecule has 0 bridgehead atoms. The molecule has 3 rings (SSSR count). The van der Waals surface area contributed by atoms with Crippen LogP contribution in [0.4, 0.5) is 11.6 Å². The van der Waals surface area contributed by atoms with E-state index in [1.807, 2.05) is 12.1 Å². The molecule has 1 saturated heterocycles. The summed E-state index contributed by atoms with van der Waals surface area (Å²) in [6.07, 6.45) is 0. The summed E-state index contributed by atoms with van der Waals surface area (Å²) in [6, 6.07) is 8.20. The van der Waals surface area contributed by atoms with Gasteiger partial charge in [-0.15, -0.1) is 0 Å². The second-order valence-electron chi connectivity index (χ2n) is 4.81. The van der Waals surface area contributed by atoms with E-state index in [1.165, 1.54) is 5.56 Å². The molecular formula is C14H18N4O2. The molecular weight excluding hydrogens is 256 g/mol. The first-order chi connectivity index (χ1) is 9.81. The Bertz CT molecular complexity index is 547. The molecule has 0 unspecified atom stereocenters. The molecule has 2 heterocycles. The van der Waals surface area contributed by atoms with Gasteiger partial charge in [0.05, 0.1) is 19.8 Å². The maximum atomic E-state index is 5.30. The molecule has 20 heavy (non-hydrogen) atoms. The maximum absolute atomic E-state index is 5.30. The van der Waals surface area contributed by atoms with Crippen molar-refractivity contribution in [1.82, 2.24) is 10.1 Å². The Labute approximate surface area is 117 Å². The minimum atomic E-state index is 0.528. The number of morpholine rings is 1. The summed E-state index contributed by atoms with van der Waals surface area (Å²) in [6.45, 7) is 5.64. The molecule has 6 nitrogen and oxygen atoms in total. The van der Waals surface area contributed by atoms with E-state index in [1.54, 1.807) is 0 Å². The zero-order valence-corrected chi connectivity index (χ0v) is 11.5. The van der Waals surface area contributed by atoms with Gasteiger partial charge in [-0.05, 0) is 24.2 Å². The van der Waals surface area contributed by atoms with Crippen molar-refractivity contribution in [1.29, 1.82) is 0 Å². The summed E-state index contributed by atoms with van der Waals surface area (Å²) in [7, 11) is 0. The minimum absolute atomic E-state index is 0.528. The number of nitrogens with one attached hydrogen (secondary N) is 1. The Balaban J connectivity index is 1.58. The maximum Gasteiger partial charge on any atom is 0.266 e. The second-order valence-corrected chi connectivity index (χ2v) is 4.81. The number of aromatic nitrogens is 2. The van der Waals surface area contributed by atoms with E-state index in [-0.39, 0.29) is 0 Å². The van der Waals surface area contributed by atoms with E-state index in [9.17, 15) is 0 Å². The van der Waals surface area contributed by atoms with E-state index >= 15 is 0 Å². The number of nitrogens with zero attached hydrogens (tertiary/aromatic N) is 3. The van der Waals surface area contributed by atoms with Crippen molar-refractivity contribution in [2.45, 2.75) is 13.5 Å². The molecule has 2 aromatic rings. The molecule has 0 atom stereocenters. The van der Waals surface area contributed by atoms with Gasteiger partial charge in [0.2, 0.25) is 5.89 Å². The Hall–Kier alpha value is -2.08. The normalized spacial score (nSPS) is 15.3. The van der Waals surface area contributed by atoms with Crippen LogP contribution in [0.5, 0.6) is 0 Å². The molecule has 1 aromatic carbocycles. The SMILES string of the molecule is Cc1ccc(NCc2nc(N3CCOCC3)no2)cc1. The van der Waals surface area contributed by atoms with Crippen LogP contribution < -0.4 is 10.2 Å². The topological polar surface area (TPSA) is 63.4 Å². The molecule has 0 amide bonds. The van der Waals surface area contributed by atoms with Crippen molar-refractivity contribution in [2.24, 2.45) is 0 Å². The highest BCUT2D eigenvalue weighted by molar-refractivity contribution is 5.44. The summed E-state index contributed by atoms with van der Waals surface area (Å²) in [5.41, 5.74) is 2.28. The van der Waals surface area contributed by atoms with Crippen LogP contribution in [0.25, 0.3) is 0 Å². The van der Waals surface area contributed by atoms with Crippen LogP contribution in [0.3, 0.4) is 0 Å². The highest BCUT2D eigenvalue weighted by Crippen LogP contribution is 2.13. The molecule has 1 aliphatic rings. The second kappa shape index (κ2) is 5.92. The summed E-state index contributed by atoms with van der Waals surface area (Å²) < 4.78 is 10.6. The van der Waals surface area contributed by atoms with Crippen molar-refractivity contribution in [2.75, 3.05) is 36.5 Å². The van der Waals surface area contributed by atoms with Gasteiger partial charge in [-0.2, -0.15) is 4.98 Å². The van der Waals surface area contributed by atoms with Crippen LogP contribution >= 0.6 is 0 Å². The van der Waals surface area contributed by atoms with Crippen LogP contribution in [0.2, 0.25) is 0 Å². The van der Waals surface area contributed by atoms with Crippen molar-refractivity contribution < 1.29 is 9.26 Å². The smallest absolute Gasteiger partial charge is 0.266 e. The third-order valence-electron chi connectivity index (χ3n) is 3.25. The highest BCUT2D eigenvalue weighted by atomic mass is 16.5. The zero-order valence-electron chi connectivity index (χ0n) is 11.5. The number of ether oxygens (including phenoxy) is 1. The van der Waals surface area contributed by atoms with Crippen molar-refractivity contribution in [3.05, 3.63) is 35.7 Å². The lowest BCUT2D eigenvalue weighted by atomic mass is 10.2. The van der Waals surface area contributed by atoms with E-state index in [0.29, 0.717) is 31.6 Å². The lowest BCUT2D eigenvalue weighted by Gasteiger charge is -2.24. The van der Waals surface area contributed by atoms with Crippen molar-refractivity contribution >= 4 is 11.6 Å². The van der Waals surface area contributed by atoms with Gasteiger partial charge in [0.15, 0.2) is 0 Å². The minimum Gasteiger partial charge on any atom is -0.378 e. The van der Waals surface area contributed by atoms with Gasteiger partial charge in [-0.1, -0.05) is 17.7 Å². The van der Waals surface area contributed by atoms with Gasteiger partial charge in [-0.25, -0.2) is 0 Å². The summed E-state index contributed by atoms with van der Waals surface area (Å²) >= 11 is 0. The standard InChI is InChI=1S/C14H18N4O2/c1-11-2-4-12(5-3-11)15-10-13-16-14(17-20-13)18-6-8-19-9-7-18/h2-5,15H,6-10H2,1H3. The summed E-state index contributed by atoms with van der Waals surface area (Å²) in [5.74, 6) is 1.24. The van der Waals surface area contributed by atoms with Gasteiger partial charge >= 0.3 is 0 Å². The predicted molar refractivity (Wildman–Crippen MR) is 75.8 cm³/mol. The summed E-state index contributed by atoms with van der Waals surface area (Å²) in [5, 5.41) is 7.28. The molecule has 1 fully saturated rings. The van der Waals surface area contributed by atoms with Crippen molar-refractivity contribution in [3.63, 3.8) is 0 Å². The predicted octanol–water partition coefficient (Wildman–Crippen LogP) is 1.83. The van der Waals surface area contributed by atoms with Crippen molar-refractivity contribution in [3.8, 4) is 0 Å². The number of aryl methyl sites for hydroxylation is 1. The molecule has 0 radical (unpaired) electrons. The Kier molecular flexibility index (Phi) is 3.83. The molecule has 0 aliphatic carbocycles. The fraction of sp³-hybridized carbons (Fsp3) is 0.429. The molecule has 1 aliphatic heterocycles. The molecule has 0 saturated carbocycles. The number of hydrogen-bond donors (Lipinski definition) is 1. The largest absolute Gasteiger partial charge is 0.378 e. The lowest BCUT2D eigenvalue weighted by Crippen LogP contribution is -2.36. The van der Waals surface area contributed by atoms with E-state index in [2.05, 4.69) is 39.4 Å².